The first kappa shape index (κ1) is 17.4. The van der Waals surface area contributed by atoms with Crippen molar-refractivity contribution in [3.05, 3.63) is 29.8 Å². The Morgan fingerprint density at radius 1 is 1.04 bits per heavy atom. The predicted molar refractivity (Wildman–Crippen MR) is 106 cm³/mol. The van der Waals surface area contributed by atoms with E-state index in [4.69, 9.17) is 0 Å². The number of rotatable bonds is 5. The van der Waals surface area contributed by atoms with E-state index in [0.717, 1.165) is 12.6 Å². The molecule has 1 N–H and O–H groups in total. The number of hydrogen-bond donors (Lipinski definition) is 1. The average Bonchev–Trinajstić information content (AvgIpc) is 3.11. The summed E-state index contributed by atoms with van der Waals surface area (Å²) in [5.41, 5.74) is 2.97. The van der Waals surface area contributed by atoms with E-state index in [0.29, 0.717) is 12.1 Å². The first-order chi connectivity index (χ1) is 12.4. The molecule has 1 unspecified atom stereocenters. The van der Waals surface area contributed by atoms with E-state index in [1.807, 2.05) is 0 Å². The third-order valence-corrected chi connectivity index (χ3v) is 6.63. The second kappa shape index (κ2) is 8.09. The summed E-state index contributed by atoms with van der Waals surface area (Å²) in [7, 11) is 0. The minimum absolute atomic E-state index is 0.664. The maximum Gasteiger partial charge on any atom is 0.0415 e. The van der Waals surface area contributed by atoms with Crippen LogP contribution in [0.5, 0.6) is 0 Å². The van der Waals surface area contributed by atoms with Gasteiger partial charge in [-0.3, -0.25) is 4.90 Å². The Balaban J connectivity index is 1.48. The van der Waals surface area contributed by atoms with Crippen molar-refractivity contribution in [3.63, 3.8) is 0 Å². The molecular weight excluding hydrogens is 306 g/mol. The van der Waals surface area contributed by atoms with E-state index in [2.05, 4.69) is 46.3 Å². The van der Waals surface area contributed by atoms with Gasteiger partial charge >= 0.3 is 0 Å². The van der Waals surface area contributed by atoms with Gasteiger partial charge in [-0.1, -0.05) is 25.5 Å². The van der Waals surface area contributed by atoms with Crippen LogP contribution in [0.25, 0.3) is 0 Å². The summed E-state index contributed by atoms with van der Waals surface area (Å²) in [5.74, 6) is 0. The van der Waals surface area contributed by atoms with E-state index < -0.39 is 0 Å². The van der Waals surface area contributed by atoms with Crippen molar-refractivity contribution in [2.45, 2.75) is 76.4 Å². The summed E-state index contributed by atoms with van der Waals surface area (Å²) < 4.78 is 0. The van der Waals surface area contributed by atoms with Crippen LogP contribution in [0.15, 0.2) is 24.3 Å². The highest BCUT2D eigenvalue weighted by atomic mass is 15.2. The summed E-state index contributed by atoms with van der Waals surface area (Å²) >= 11 is 0. The van der Waals surface area contributed by atoms with Gasteiger partial charge in [0, 0.05) is 36.9 Å². The molecule has 0 aromatic heterocycles. The lowest BCUT2D eigenvalue weighted by Gasteiger charge is -2.37. The van der Waals surface area contributed by atoms with Crippen molar-refractivity contribution >= 4 is 5.69 Å². The van der Waals surface area contributed by atoms with Crippen LogP contribution in [0.4, 0.5) is 5.69 Å². The van der Waals surface area contributed by atoms with Crippen molar-refractivity contribution in [3.8, 4) is 0 Å². The smallest absolute Gasteiger partial charge is 0.0415 e. The number of nitrogens with one attached hydrogen (secondary N) is 1. The number of benzene rings is 1. The monoisotopic (exact) mass is 341 g/mol. The van der Waals surface area contributed by atoms with Gasteiger partial charge in [-0.25, -0.2) is 0 Å². The lowest BCUT2D eigenvalue weighted by molar-refractivity contribution is 0.150. The van der Waals surface area contributed by atoms with Crippen molar-refractivity contribution in [1.82, 2.24) is 10.2 Å². The van der Waals surface area contributed by atoms with Gasteiger partial charge in [0.05, 0.1) is 0 Å². The van der Waals surface area contributed by atoms with Gasteiger partial charge in [0.25, 0.3) is 0 Å². The highest BCUT2D eigenvalue weighted by Gasteiger charge is 2.35. The quantitative estimate of drug-likeness (QED) is 0.859. The Bertz CT molecular complexity index is 535. The molecule has 0 radical (unpaired) electrons. The molecule has 138 valence electrons. The third kappa shape index (κ3) is 3.73. The third-order valence-electron chi connectivity index (χ3n) is 6.63. The van der Waals surface area contributed by atoms with Gasteiger partial charge < -0.3 is 10.2 Å². The molecule has 3 nitrogen and oxygen atoms in total. The Labute approximate surface area is 153 Å². The summed E-state index contributed by atoms with van der Waals surface area (Å²) in [6.07, 6.45) is 10.9. The Morgan fingerprint density at radius 3 is 2.68 bits per heavy atom. The van der Waals surface area contributed by atoms with Crippen LogP contribution >= 0.6 is 0 Å². The highest BCUT2D eigenvalue weighted by Crippen LogP contribution is 2.40. The molecule has 1 aromatic carbocycles. The molecular formula is C22H35N3. The molecule has 4 rings (SSSR count). The lowest BCUT2D eigenvalue weighted by Crippen LogP contribution is -2.46. The second-order valence-corrected chi connectivity index (χ2v) is 8.27. The normalized spacial score (nSPS) is 30.2. The van der Waals surface area contributed by atoms with Crippen LogP contribution in [0, 0.1) is 0 Å². The number of fused-ring (bicyclic) bond motifs is 1. The zero-order valence-corrected chi connectivity index (χ0v) is 15.9. The SMILES string of the molecule is CCCN(c1ccc([C@H]2CC[C@H]3CCCCN32)cc1)C1CCCNC1. The van der Waals surface area contributed by atoms with Crippen LogP contribution in [0.1, 0.15) is 69.9 Å². The van der Waals surface area contributed by atoms with Crippen LogP contribution in [0.3, 0.4) is 0 Å². The van der Waals surface area contributed by atoms with Crippen molar-refractivity contribution < 1.29 is 0 Å². The summed E-state index contributed by atoms with van der Waals surface area (Å²) in [6.45, 7) is 7.11. The van der Waals surface area contributed by atoms with Crippen molar-refractivity contribution in [2.24, 2.45) is 0 Å². The van der Waals surface area contributed by atoms with Crippen LogP contribution < -0.4 is 10.2 Å². The molecule has 0 bridgehead atoms. The molecule has 0 saturated carbocycles. The van der Waals surface area contributed by atoms with E-state index >= 15 is 0 Å². The molecule has 3 saturated heterocycles. The summed E-state index contributed by atoms with van der Waals surface area (Å²) in [4.78, 5) is 5.45. The Hall–Kier alpha value is -1.06. The van der Waals surface area contributed by atoms with Gasteiger partial charge in [0.15, 0.2) is 0 Å². The average molecular weight is 342 g/mol. The minimum Gasteiger partial charge on any atom is -0.367 e. The second-order valence-electron chi connectivity index (χ2n) is 8.27. The molecule has 0 spiro atoms. The number of nitrogens with zero attached hydrogens (tertiary/aromatic N) is 2. The van der Waals surface area contributed by atoms with E-state index in [1.165, 1.54) is 76.7 Å². The molecule has 3 heteroatoms. The van der Waals surface area contributed by atoms with Gasteiger partial charge in [-0.15, -0.1) is 0 Å². The Morgan fingerprint density at radius 2 is 1.92 bits per heavy atom. The van der Waals surface area contributed by atoms with Crippen LogP contribution in [-0.2, 0) is 0 Å². The maximum absolute atomic E-state index is 3.58. The number of hydrogen-bond acceptors (Lipinski definition) is 3. The Kier molecular flexibility index (Phi) is 5.62. The zero-order chi connectivity index (χ0) is 17.1. The fourth-order valence-electron chi connectivity index (χ4n) is 5.37. The standard InChI is InChI=1S/C22H35N3/c1-2-15-24(21-7-5-14-23-17-21)20-10-8-18(9-11-20)22-13-12-19-6-3-4-16-25(19)22/h8-11,19,21-23H,2-7,12-17H2,1H3/t19-,21?,22-/m1/s1. The van der Waals surface area contributed by atoms with E-state index in [9.17, 15) is 0 Å². The van der Waals surface area contributed by atoms with Crippen LogP contribution in [0.2, 0.25) is 0 Å². The summed E-state index contributed by atoms with van der Waals surface area (Å²) in [5, 5.41) is 3.58. The van der Waals surface area contributed by atoms with Gasteiger partial charge in [0.2, 0.25) is 0 Å². The van der Waals surface area contributed by atoms with Crippen molar-refractivity contribution in [2.75, 3.05) is 31.1 Å². The molecule has 3 atom stereocenters. The van der Waals surface area contributed by atoms with Gasteiger partial charge in [0.1, 0.15) is 0 Å². The lowest BCUT2D eigenvalue weighted by atomic mass is 10.0. The molecule has 25 heavy (non-hydrogen) atoms. The van der Waals surface area contributed by atoms with Crippen molar-refractivity contribution in [1.29, 1.82) is 0 Å². The van der Waals surface area contributed by atoms with E-state index in [-0.39, 0.29) is 0 Å². The highest BCUT2D eigenvalue weighted by molar-refractivity contribution is 5.49. The molecule has 3 aliphatic heterocycles. The molecule has 3 aliphatic rings. The minimum atomic E-state index is 0.664. The first-order valence-electron chi connectivity index (χ1n) is 10.7. The van der Waals surface area contributed by atoms with Crippen LogP contribution in [-0.4, -0.2) is 43.2 Å². The summed E-state index contributed by atoms with van der Waals surface area (Å²) in [6, 6.07) is 11.9. The molecule has 1 aromatic rings. The number of anilines is 1. The fraction of sp³-hybridized carbons (Fsp3) is 0.727. The molecule has 3 fully saturated rings. The zero-order valence-electron chi connectivity index (χ0n) is 15.9. The largest absolute Gasteiger partial charge is 0.367 e. The maximum atomic E-state index is 3.58. The van der Waals surface area contributed by atoms with Gasteiger partial charge in [-0.05, 0) is 75.7 Å². The van der Waals surface area contributed by atoms with Gasteiger partial charge in [-0.2, -0.15) is 0 Å². The molecule has 0 amide bonds. The fourth-order valence-corrected chi connectivity index (χ4v) is 5.37. The van der Waals surface area contributed by atoms with E-state index in [1.54, 1.807) is 5.56 Å². The molecule has 3 heterocycles. The predicted octanol–water partition coefficient (Wildman–Crippen LogP) is 4.34. The number of piperidine rings is 2. The first-order valence-corrected chi connectivity index (χ1v) is 10.7. The topological polar surface area (TPSA) is 18.5 Å². The molecule has 0 aliphatic carbocycles.